The third kappa shape index (κ3) is 3.52. The Labute approximate surface area is 99.1 Å². The molecule has 0 aromatic rings. The number of halogens is 1. The van der Waals surface area contributed by atoms with Gasteiger partial charge >= 0.3 is 0 Å². The molecule has 0 aromatic heterocycles. The Hall–Kier alpha value is 0.0300. The van der Waals surface area contributed by atoms with Gasteiger partial charge in [-0.05, 0) is 37.5 Å². The van der Waals surface area contributed by atoms with E-state index in [0.717, 1.165) is 5.92 Å². The molecule has 0 heterocycles. The molecule has 0 aromatic carbocycles. The van der Waals surface area contributed by atoms with Gasteiger partial charge in [-0.2, -0.15) is 0 Å². The molecule has 15 heavy (non-hydrogen) atoms. The molecular formula is C14H23Cl. The van der Waals surface area contributed by atoms with Crippen molar-refractivity contribution in [3.63, 3.8) is 0 Å². The van der Waals surface area contributed by atoms with Crippen molar-refractivity contribution >= 4 is 11.6 Å². The van der Waals surface area contributed by atoms with Crippen molar-refractivity contribution in [3.05, 3.63) is 11.1 Å². The molecule has 86 valence electrons. The van der Waals surface area contributed by atoms with Crippen molar-refractivity contribution in [1.29, 1.82) is 0 Å². The molecule has 0 saturated heterocycles. The second-order valence-electron chi connectivity index (χ2n) is 5.28. The van der Waals surface area contributed by atoms with E-state index in [2.05, 4.69) is 6.08 Å². The van der Waals surface area contributed by atoms with Gasteiger partial charge in [-0.15, -0.1) is 0 Å². The standard InChI is InChI=1S/C14H23Cl/c15-14(13-9-5-2-6-10-13)11-12-7-3-1-4-8-12/h11-13H,1-10H2. The van der Waals surface area contributed by atoms with Crippen LogP contribution in [0.15, 0.2) is 11.1 Å². The fourth-order valence-electron chi connectivity index (χ4n) is 3.04. The molecule has 0 bridgehead atoms. The summed E-state index contributed by atoms with van der Waals surface area (Å²) >= 11 is 6.45. The normalized spacial score (nSPS) is 26.9. The van der Waals surface area contributed by atoms with Gasteiger partial charge in [0.05, 0.1) is 0 Å². The molecule has 2 aliphatic rings. The van der Waals surface area contributed by atoms with Crippen molar-refractivity contribution in [2.45, 2.75) is 64.2 Å². The molecule has 0 aliphatic heterocycles. The van der Waals surface area contributed by atoms with Crippen molar-refractivity contribution < 1.29 is 0 Å². The van der Waals surface area contributed by atoms with Crippen LogP contribution >= 0.6 is 11.6 Å². The van der Waals surface area contributed by atoms with Gasteiger partial charge in [0.25, 0.3) is 0 Å². The minimum atomic E-state index is 0.711. The van der Waals surface area contributed by atoms with Crippen LogP contribution in [0, 0.1) is 11.8 Å². The Morgan fingerprint density at radius 3 is 1.93 bits per heavy atom. The largest absolute Gasteiger partial charge is 0.0892 e. The molecule has 0 amide bonds. The molecular weight excluding hydrogens is 204 g/mol. The third-order valence-electron chi connectivity index (χ3n) is 4.04. The number of allylic oxidation sites excluding steroid dienone is 2. The Kier molecular flexibility index (Phi) is 4.56. The highest BCUT2D eigenvalue weighted by Gasteiger charge is 2.18. The van der Waals surface area contributed by atoms with Crippen LogP contribution in [0.5, 0.6) is 0 Å². The molecule has 0 atom stereocenters. The van der Waals surface area contributed by atoms with E-state index in [1.165, 1.54) is 69.2 Å². The Bertz CT molecular complexity index is 207. The molecule has 2 rings (SSSR count). The van der Waals surface area contributed by atoms with E-state index in [1.54, 1.807) is 0 Å². The van der Waals surface area contributed by atoms with Gasteiger partial charge in [-0.25, -0.2) is 0 Å². The first-order valence-electron chi connectivity index (χ1n) is 6.73. The van der Waals surface area contributed by atoms with E-state index in [1.807, 2.05) is 0 Å². The molecule has 0 unspecified atom stereocenters. The van der Waals surface area contributed by atoms with E-state index in [0.29, 0.717) is 5.92 Å². The van der Waals surface area contributed by atoms with Gasteiger partial charge in [0, 0.05) is 5.03 Å². The van der Waals surface area contributed by atoms with E-state index in [4.69, 9.17) is 11.6 Å². The number of rotatable bonds is 2. The van der Waals surface area contributed by atoms with Gasteiger partial charge in [-0.1, -0.05) is 56.2 Å². The summed E-state index contributed by atoms with van der Waals surface area (Å²) in [7, 11) is 0. The van der Waals surface area contributed by atoms with E-state index >= 15 is 0 Å². The molecule has 0 spiro atoms. The second-order valence-corrected chi connectivity index (χ2v) is 5.72. The summed E-state index contributed by atoms with van der Waals surface area (Å²) < 4.78 is 0. The van der Waals surface area contributed by atoms with Crippen LogP contribution < -0.4 is 0 Å². The predicted octanol–water partition coefficient (Wildman–Crippen LogP) is 5.27. The van der Waals surface area contributed by atoms with Gasteiger partial charge in [0.15, 0.2) is 0 Å². The maximum atomic E-state index is 6.45. The van der Waals surface area contributed by atoms with Gasteiger partial charge in [-0.3, -0.25) is 0 Å². The minimum absolute atomic E-state index is 0.711. The van der Waals surface area contributed by atoms with Gasteiger partial charge in [0.2, 0.25) is 0 Å². The number of hydrogen-bond donors (Lipinski definition) is 0. The van der Waals surface area contributed by atoms with Crippen LogP contribution in [0.25, 0.3) is 0 Å². The van der Waals surface area contributed by atoms with Crippen LogP contribution in [-0.2, 0) is 0 Å². The van der Waals surface area contributed by atoms with E-state index < -0.39 is 0 Å². The SMILES string of the molecule is ClC(=CC1CCCCC1)C1CCCCC1. The average Bonchev–Trinajstić information content (AvgIpc) is 2.31. The summed E-state index contributed by atoms with van der Waals surface area (Å²) in [5.74, 6) is 1.51. The zero-order valence-corrected chi connectivity index (χ0v) is 10.4. The molecule has 1 heteroatoms. The highest BCUT2D eigenvalue weighted by atomic mass is 35.5. The second kappa shape index (κ2) is 5.94. The fourth-order valence-corrected chi connectivity index (χ4v) is 3.44. The smallest absolute Gasteiger partial charge is 0.0174 e. The lowest BCUT2D eigenvalue weighted by Gasteiger charge is -2.24. The molecule has 2 fully saturated rings. The monoisotopic (exact) mass is 226 g/mol. The van der Waals surface area contributed by atoms with Crippen molar-refractivity contribution in [2.24, 2.45) is 11.8 Å². The van der Waals surface area contributed by atoms with Crippen LogP contribution in [0.4, 0.5) is 0 Å². The lowest BCUT2D eigenvalue weighted by atomic mass is 9.85. The minimum Gasteiger partial charge on any atom is -0.0892 e. The quantitative estimate of drug-likeness (QED) is 0.602. The van der Waals surface area contributed by atoms with Crippen molar-refractivity contribution in [2.75, 3.05) is 0 Å². The first-order chi connectivity index (χ1) is 7.36. The van der Waals surface area contributed by atoms with Gasteiger partial charge in [0.1, 0.15) is 0 Å². The van der Waals surface area contributed by atoms with E-state index in [-0.39, 0.29) is 0 Å². The summed E-state index contributed by atoms with van der Waals surface area (Å²) in [5.41, 5.74) is 0. The first-order valence-corrected chi connectivity index (χ1v) is 7.11. The Balaban J connectivity index is 1.86. The molecule has 0 N–H and O–H groups in total. The van der Waals surface area contributed by atoms with Crippen LogP contribution in [-0.4, -0.2) is 0 Å². The van der Waals surface area contributed by atoms with Crippen LogP contribution in [0.3, 0.4) is 0 Å². The molecule has 2 saturated carbocycles. The lowest BCUT2D eigenvalue weighted by Crippen LogP contribution is -2.09. The maximum absolute atomic E-state index is 6.45. The highest BCUT2D eigenvalue weighted by molar-refractivity contribution is 6.29. The highest BCUT2D eigenvalue weighted by Crippen LogP contribution is 2.34. The van der Waals surface area contributed by atoms with Gasteiger partial charge < -0.3 is 0 Å². The topological polar surface area (TPSA) is 0 Å². The Morgan fingerprint density at radius 2 is 1.33 bits per heavy atom. The summed E-state index contributed by atoms with van der Waals surface area (Å²) in [4.78, 5) is 0. The molecule has 0 nitrogen and oxygen atoms in total. The van der Waals surface area contributed by atoms with Crippen molar-refractivity contribution in [1.82, 2.24) is 0 Å². The summed E-state index contributed by atoms with van der Waals surface area (Å²) in [6.45, 7) is 0. The zero-order chi connectivity index (χ0) is 10.5. The molecule has 2 aliphatic carbocycles. The first kappa shape index (κ1) is 11.5. The summed E-state index contributed by atoms with van der Waals surface area (Å²) in [5, 5.41) is 1.20. The van der Waals surface area contributed by atoms with Crippen LogP contribution in [0.2, 0.25) is 0 Å². The van der Waals surface area contributed by atoms with Crippen molar-refractivity contribution in [3.8, 4) is 0 Å². The predicted molar refractivity (Wildman–Crippen MR) is 67.1 cm³/mol. The summed E-state index contributed by atoms with van der Waals surface area (Å²) in [6.07, 6.45) is 16.3. The third-order valence-corrected chi connectivity index (χ3v) is 4.47. The fraction of sp³-hybridized carbons (Fsp3) is 0.857. The Morgan fingerprint density at radius 1 is 0.800 bits per heavy atom. The zero-order valence-electron chi connectivity index (χ0n) is 9.68. The molecule has 0 radical (unpaired) electrons. The number of hydrogen-bond acceptors (Lipinski definition) is 0. The maximum Gasteiger partial charge on any atom is 0.0174 e. The van der Waals surface area contributed by atoms with E-state index in [9.17, 15) is 0 Å². The van der Waals surface area contributed by atoms with Crippen LogP contribution in [0.1, 0.15) is 64.2 Å². The average molecular weight is 227 g/mol. The lowest BCUT2D eigenvalue weighted by molar-refractivity contribution is 0.396. The summed E-state index contributed by atoms with van der Waals surface area (Å²) in [6, 6.07) is 0.